The van der Waals surface area contributed by atoms with Crippen molar-refractivity contribution < 1.29 is 0 Å². The summed E-state index contributed by atoms with van der Waals surface area (Å²) in [6, 6.07) is 63.6. The van der Waals surface area contributed by atoms with Gasteiger partial charge in [-0.1, -0.05) is 127 Å². The van der Waals surface area contributed by atoms with Crippen molar-refractivity contribution in [2.75, 3.05) is 4.90 Å². The van der Waals surface area contributed by atoms with E-state index in [0.29, 0.717) is 0 Å². The molecule has 0 radical (unpaired) electrons. The first-order valence-corrected chi connectivity index (χ1v) is 16.5. The van der Waals surface area contributed by atoms with E-state index < -0.39 is 0 Å². The third-order valence-electron chi connectivity index (χ3n) is 9.46. The van der Waals surface area contributed by atoms with Crippen LogP contribution in [0.5, 0.6) is 0 Å². The Hall–Kier alpha value is -6.25. The van der Waals surface area contributed by atoms with Crippen molar-refractivity contribution in [2.45, 2.75) is 6.92 Å². The second kappa shape index (κ2) is 11.5. The highest BCUT2D eigenvalue weighted by molar-refractivity contribution is 6.22. The van der Waals surface area contributed by atoms with E-state index in [2.05, 4.69) is 175 Å². The Kier molecular flexibility index (Phi) is 6.72. The molecule has 9 rings (SSSR count). The lowest BCUT2D eigenvalue weighted by Crippen LogP contribution is -2.12. The van der Waals surface area contributed by atoms with Crippen molar-refractivity contribution in [3.05, 3.63) is 182 Å². The van der Waals surface area contributed by atoms with Gasteiger partial charge in [0.2, 0.25) is 0 Å². The number of rotatable bonds is 5. The van der Waals surface area contributed by atoms with Crippen LogP contribution in [0.4, 0.5) is 17.2 Å². The van der Waals surface area contributed by atoms with E-state index in [0.717, 1.165) is 22.9 Å². The average Bonchev–Trinajstić information content (AvgIpc) is 3.14. The number of aryl methyl sites for hydroxylation is 1. The molecule has 0 saturated heterocycles. The molecular weight excluding hydrogens is 581 g/mol. The lowest BCUT2D eigenvalue weighted by molar-refractivity contribution is 1.13. The van der Waals surface area contributed by atoms with Gasteiger partial charge in [-0.15, -0.1) is 0 Å². The molecule has 0 bridgehead atoms. The molecule has 0 unspecified atom stereocenters. The lowest BCUT2D eigenvalue weighted by Gasteiger charge is -2.26. The minimum atomic E-state index is 0.892. The van der Waals surface area contributed by atoms with Gasteiger partial charge >= 0.3 is 0 Å². The van der Waals surface area contributed by atoms with Gasteiger partial charge in [0.05, 0.1) is 0 Å². The highest BCUT2D eigenvalue weighted by Crippen LogP contribution is 2.46. The third kappa shape index (κ3) is 4.78. The zero-order valence-electron chi connectivity index (χ0n) is 26.6. The first kappa shape index (κ1) is 28.0. The maximum absolute atomic E-state index is 4.99. The highest BCUT2D eigenvalue weighted by atomic mass is 15.2. The van der Waals surface area contributed by atoms with E-state index in [1.54, 1.807) is 0 Å². The first-order valence-electron chi connectivity index (χ1n) is 16.5. The summed E-state index contributed by atoms with van der Waals surface area (Å²) in [5.74, 6) is 0.892. The molecule has 1 heterocycles. The standard InChI is InChI=1S/C46H32N2/c1-31-12-11-21-44(47-31)48(38-17-3-2-4-18-38)39-26-27-42-43(30-39)46(37-25-23-33-14-6-8-16-35(33)29-37)41-20-10-9-19-40(41)45(42)36-24-22-32-13-5-7-15-34(32)28-36/h2-30H,1H3. The molecule has 8 aromatic carbocycles. The predicted octanol–water partition coefficient (Wildman–Crippen LogP) is 12.8. The van der Waals surface area contributed by atoms with Crippen LogP contribution in [-0.2, 0) is 0 Å². The van der Waals surface area contributed by atoms with Crippen LogP contribution < -0.4 is 4.90 Å². The Morgan fingerprint density at radius 1 is 0.375 bits per heavy atom. The van der Waals surface area contributed by atoms with Crippen LogP contribution in [0.1, 0.15) is 5.69 Å². The topological polar surface area (TPSA) is 16.1 Å². The molecule has 226 valence electrons. The van der Waals surface area contributed by atoms with Crippen LogP contribution in [-0.4, -0.2) is 4.98 Å². The van der Waals surface area contributed by atoms with E-state index >= 15 is 0 Å². The molecule has 1 aromatic heterocycles. The van der Waals surface area contributed by atoms with Crippen LogP contribution in [0.15, 0.2) is 176 Å². The number of hydrogen-bond acceptors (Lipinski definition) is 2. The van der Waals surface area contributed by atoms with Gasteiger partial charge in [0.15, 0.2) is 0 Å². The maximum Gasteiger partial charge on any atom is 0.137 e. The lowest BCUT2D eigenvalue weighted by atomic mass is 9.85. The van der Waals surface area contributed by atoms with Crippen molar-refractivity contribution in [3.63, 3.8) is 0 Å². The van der Waals surface area contributed by atoms with E-state index in [4.69, 9.17) is 4.98 Å². The Morgan fingerprint density at radius 2 is 0.917 bits per heavy atom. The van der Waals surface area contributed by atoms with Gasteiger partial charge < -0.3 is 0 Å². The number of benzene rings is 8. The van der Waals surface area contributed by atoms with Gasteiger partial charge in [-0.2, -0.15) is 0 Å². The Morgan fingerprint density at radius 3 is 1.54 bits per heavy atom. The number of para-hydroxylation sites is 1. The predicted molar refractivity (Wildman–Crippen MR) is 205 cm³/mol. The summed E-state index contributed by atoms with van der Waals surface area (Å²) in [5.41, 5.74) is 8.03. The van der Waals surface area contributed by atoms with Crippen molar-refractivity contribution in [2.24, 2.45) is 0 Å². The molecule has 0 saturated carbocycles. The highest BCUT2D eigenvalue weighted by Gasteiger charge is 2.20. The SMILES string of the molecule is Cc1cccc(N(c2ccccc2)c2ccc3c(-c4ccc5ccccc5c4)c4ccccc4c(-c4ccc5ccccc5c4)c3c2)n1. The van der Waals surface area contributed by atoms with Crippen LogP contribution in [0.3, 0.4) is 0 Å². The van der Waals surface area contributed by atoms with E-state index in [-0.39, 0.29) is 0 Å². The Labute approximate surface area is 280 Å². The number of hydrogen-bond donors (Lipinski definition) is 0. The Balaban J connectivity index is 1.40. The van der Waals surface area contributed by atoms with Gasteiger partial charge in [0.1, 0.15) is 5.82 Å². The monoisotopic (exact) mass is 612 g/mol. The zero-order chi connectivity index (χ0) is 32.0. The second-order valence-electron chi connectivity index (χ2n) is 12.5. The molecule has 0 N–H and O–H groups in total. The molecular formula is C46H32N2. The molecule has 2 nitrogen and oxygen atoms in total. The van der Waals surface area contributed by atoms with Crippen molar-refractivity contribution >= 4 is 60.3 Å². The van der Waals surface area contributed by atoms with Crippen molar-refractivity contribution in [1.82, 2.24) is 4.98 Å². The molecule has 0 aliphatic rings. The quantitative estimate of drug-likeness (QED) is 0.180. The van der Waals surface area contributed by atoms with Gasteiger partial charge in [0.25, 0.3) is 0 Å². The number of anilines is 3. The molecule has 0 fully saturated rings. The van der Waals surface area contributed by atoms with E-state index in [9.17, 15) is 0 Å². The van der Waals surface area contributed by atoms with E-state index in [1.165, 1.54) is 65.3 Å². The summed E-state index contributed by atoms with van der Waals surface area (Å²) in [4.78, 5) is 7.26. The fourth-order valence-corrected chi connectivity index (χ4v) is 7.26. The summed E-state index contributed by atoms with van der Waals surface area (Å²) in [7, 11) is 0. The minimum absolute atomic E-state index is 0.892. The van der Waals surface area contributed by atoms with Crippen molar-refractivity contribution in [1.29, 1.82) is 0 Å². The largest absolute Gasteiger partial charge is 0.295 e. The number of aromatic nitrogens is 1. The summed E-state index contributed by atoms with van der Waals surface area (Å²) >= 11 is 0. The minimum Gasteiger partial charge on any atom is -0.295 e. The van der Waals surface area contributed by atoms with Gasteiger partial charge in [-0.05, 0) is 121 Å². The molecule has 0 spiro atoms. The average molecular weight is 613 g/mol. The van der Waals surface area contributed by atoms with Crippen LogP contribution in [0.2, 0.25) is 0 Å². The zero-order valence-corrected chi connectivity index (χ0v) is 26.6. The van der Waals surface area contributed by atoms with Gasteiger partial charge in [-0.25, -0.2) is 4.98 Å². The molecule has 9 aromatic rings. The summed E-state index contributed by atoms with van der Waals surface area (Å²) in [6.45, 7) is 2.05. The van der Waals surface area contributed by atoms with E-state index in [1.807, 2.05) is 13.0 Å². The number of pyridine rings is 1. The smallest absolute Gasteiger partial charge is 0.137 e. The fraction of sp³-hybridized carbons (Fsp3) is 0.0217. The first-order chi connectivity index (χ1) is 23.7. The van der Waals surface area contributed by atoms with Crippen molar-refractivity contribution in [3.8, 4) is 22.3 Å². The normalized spacial score (nSPS) is 11.4. The fourth-order valence-electron chi connectivity index (χ4n) is 7.26. The van der Waals surface area contributed by atoms with Gasteiger partial charge in [-0.3, -0.25) is 4.90 Å². The molecule has 0 aliphatic carbocycles. The second-order valence-corrected chi connectivity index (χ2v) is 12.5. The summed E-state index contributed by atoms with van der Waals surface area (Å²) in [6.07, 6.45) is 0. The third-order valence-corrected chi connectivity index (χ3v) is 9.46. The molecule has 0 atom stereocenters. The number of fused-ring (bicyclic) bond motifs is 4. The van der Waals surface area contributed by atoms with Crippen LogP contribution in [0.25, 0.3) is 65.3 Å². The molecule has 0 amide bonds. The van der Waals surface area contributed by atoms with Crippen LogP contribution >= 0.6 is 0 Å². The van der Waals surface area contributed by atoms with Crippen LogP contribution in [0, 0.1) is 6.92 Å². The number of nitrogens with zero attached hydrogens (tertiary/aromatic N) is 2. The molecule has 48 heavy (non-hydrogen) atoms. The summed E-state index contributed by atoms with van der Waals surface area (Å²) in [5, 5.41) is 9.87. The Bertz CT molecular complexity index is 2640. The maximum atomic E-state index is 4.99. The summed E-state index contributed by atoms with van der Waals surface area (Å²) < 4.78 is 0. The molecule has 0 aliphatic heterocycles. The van der Waals surface area contributed by atoms with Gasteiger partial charge in [0, 0.05) is 17.1 Å². The molecule has 2 heteroatoms.